The molecule has 2 aliphatic rings. The van der Waals surface area contributed by atoms with Crippen LogP contribution in [0.1, 0.15) is 50.3 Å². The van der Waals surface area contributed by atoms with Gasteiger partial charge in [-0.1, -0.05) is 30.3 Å². The van der Waals surface area contributed by atoms with Gasteiger partial charge in [0.1, 0.15) is 18.6 Å². The van der Waals surface area contributed by atoms with E-state index in [4.69, 9.17) is 4.74 Å². The summed E-state index contributed by atoms with van der Waals surface area (Å²) in [6, 6.07) is 14.9. The highest BCUT2D eigenvalue weighted by Gasteiger charge is 2.46. The van der Waals surface area contributed by atoms with Gasteiger partial charge in [-0.3, -0.25) is 4.79 Å². The standard InChI is InChI=1S/C25H30N6O2/c1-17(2)33-19-8-6-18(7-9-19)20-4-3-5-21-22(28-23(32)15-31-16-27-29-30-31)14-25(24(20)21)10-12-26-13-11-25/h3-9,16-17,22,26H,10-15H2,1-2H3,(H,28,32). The molecule has 8 heteroatoms. The van der Waals surface area contributed by atoms with Crippen LogP contribution >= 0.6 is 0 Å². The molecule has 1 spiro atoms. The molecule has 1 aliphatic carbocycles. The Kier molecular flexibility index (Phi) is 5.85. The number of fused-ring (bicyclic) bond motifs is 2. The average Bonchev–Trinajstić information content (AvgIpc) is 3.41. The number of nitrogens with one attached hydrogen (secondary N) is 2. The average molecular weight is 447 g/mol. The number of tetrazole rings is 1. The summed E-state index contributed by atoms with van der Waals surface area (Å²) in [4.78, 5) is 12.8. The molecule has 3 aromatic rings. The van der Waals surface area contributed by atoms with Crippen LogP contribution in [0.3, 0.4) is 0 Å². The number of nitrogens with zero attached hydrogens (tertiary/aromatic N) is 4. The van der Waals surface area contributed by atoms with Gasteiger partial charge in [0.15, 0.2) is 0 Å². The molecule has 8 nitrogen and oxygen atoms in total. The fourth-order valence-electron chi connectivity index (χ4n) is 5.41. The minimum absolute atomic E-state index is 0.0226. The van der Waals surface area contributed by atoms with Crippen LogP contribution in [0.25, 0.3) is 11.1 Å². The van der Waals surface area contributed by atoms with Crippen LogP contribution < -0.4 is 15.4 Å². The van der Waals surface area contributed by atoms with Gasteiger partial charge in [0.2, 0.25) is 5.91 Å². The molecule has 5 rings (SSSR count). The Labute approximate surface area is 193 Å². The summed E-state index contributed by atoms with van der Waals surface area (Å²) in [5, 5.41) is 17.8. The molecule has 1 aliphatic heterocycles. The first kappa shape index (κ1) is 21.6. The number of amides is 1. The van der Waals surface area contributed by atoms with Crippen molar-refractivity contribution in [3.05, 3.63) is 59.9 Å². The van der Waals surface area contributed by atoms with Crippen molar-refractivity contribution in [2.75, 3.05) is 13.1 Å². The fraction of sp³-hybridized carbons (Fsp3) is 0.440. The molecule has 172 valence electrons. The second-order valence-electron chi connectivity index (χ2n) is 9.32. The molecule has 1 aromatic heterocycles. The number of hydrogen-bond acceptors (Lipinski definition) is 6. The predicted octanol–water partition coefficient (Wildman–Crippen LogP) is 3.01. The summed E-state index contributed by atoms with van der Waals surface area (Å²) >= 11 is 0. The van der Waals surface area contributed by atoms with E-state index >= 15 is 0 Å². The summed E-state index contributed by atoms with van der Waals surface area (Å²) in [5.74, 6) is 0.801. The Morgan fingerprint density at radius 1 is 1.21 bits per heavy atom. The molecule has 2 N–H and O–H groups in total. The van der Waals surface area contributed by atoms with Gasteiger partial charge in [-0.05, 0) is 91.0 Å². The van der Waals surface area contributed by atoms with Gasteiger partial charge >= 0.3 is 0 Å². The van der Waals surface area contributed by atoms with E-state index in [1.165, 1.54) is 33.3 Å². The highest BCUT2D eigenvalue weighted by molar-refractivity contribution is 5.78. The molecule has 1 atom stereocenters. The molecule has 2 aromatic carbocycles. The van der Waals surface area contributed by atoms with Gasteiger partial charge in [-0.15, -0.1) is 5.10 Å². The van der Waals surface area contributed by atoms with E-state index in [0.717, 1.165) is 38.1 Å². The summed E-state index contributed by atoms with van der Waals surface area (Å²) < 4.78 is 7.29. The third kappa shape index (κ3) is 4.35. The van der Waals surface area contributed by atoms with Crippen LogP contribution in [0.5, 0.6) is 5.75 Å². The van der Waals surface area contributed by atoms with Crippen LogP contribution in [0.15, 0.2) is 48.8 Å². The minimum Gasteiger partial charge on any atom is -0.491 e. The molecule has 0 radical (unpaired) electrons. The van der Waals surface area contributed by atoms with Crippen molar-refractivity contribution in [1.82, 2.24) is 30.8 Å². The molecular weight excluding hydrogens is 416 g/mol. The van der Waals surface area contributed by atoms with Crippen LogP contribution in [-0.2, 0) is 16.8 Å². The van der Waals surface area contributed by atoms with Crippen molar-refractivity contribution >= 4 is 5.91 Å². The smallest absolute Gasteiger partial charge is 0.242 e. The number of benzene rings is 2. The third-order valence-electron chi connectivity index (χ3n) is 6.73. The quantitative estimate of drug-likeness (QED) is 0.605. The number of carbonyl (C=O) groups excluding carboxylic acids is 1. The zero-order chi connectivity index (χ0) is 22.8. The maximum atomic E-state index is 12.8. The maximum Gasteiger partial charge on any atom is 0.242 e. The SMILES string of the molecule is CC(C)Oc1ccc(-c2cccc3c2C2(CCNCC2)CC3NC(=O)Cn2cnnn2)cc1. The van der Waals surface area contributed by atoms with Crippen LogP contribution in [0.2, 0.25) is 0 Å². The van der Waals surface area contributed by atoms with Gasteiger partial charge in [-0.25, -0.2) is 4.68 Å². The van der Waals surface area contributed by atoms with Crippen molar-refractivity contribution in [3.8, 4) is 16.9 Å². The molecule has 0 bridgehead atoms. The van der Waals surface area contributed by atoms with Crippen molar-refractivity contribution in [2.45, 2.75) is 57.2 Å². The number of aromatic nitrogens is 4. The Morgan fingerprint density at radius 2 is 2.00 bits per heavy atom. The van der Waals surface area contributed by atoms with E-state index in [1.54, 1.807) is 0 Å². The molecule has 1 fully saturated rings. The molecule has 1 amide bonds. The van der Waals surface area contributed by atoms with E-state index in [0.29, 0.717) is 0 Å². The summed E-state index contributed by atoms with van der Waals surface area (Å²) in [5.41, 5.74) is 5.10. The predicted molar refractivity (Wildman–Crippen MR) is 125 cm³/mol. The first-order chi connectivity index (χ1) is 16.0. The van der Waals surface area contributed by atoms with Gasteiger partial charge in [0.25, 0.3) is 0 Å². The molecular formula is C25H30N6O2. The number of piperidine rings is 1. The Balaban J connectivity index is 1.48. The second kappa shape index (κ2) is 8.94. The number of hydrogen-bond donors (Lipinski definition) is 2. The van der Waals surface area contributed by atoms with E-state index in [-0.39, 0.29) is 30.0 Å². The highest BCUT2D eigenvalue weighted by atomic mass is 16.5. The lowest BCUT2D eigenvalue weighted by Gasteiger charge is -2.36. The topological polar surface area (TPSA) is 94.0 Å². The van der Waals surface area contributed by atoms with Crippen LogP contribution in [-0.4, -0.2) is 45.3 Å². The molecule has 0 saturated carbocycles. The molecule has 33 heavy (non-hydrogen) atoms. The first-order valence-electron chi connectivity index (χ1n) is 11.7. The molecule has 2 heterocycles. The lowest BCUT2D eigenvalue weighted by atomic mass is 9.72. The van der Waals surface area contributed by atoms with E-state index < -0.39 is 0 Å². The Bertz CT molecular complexity index is 1100. The van der Waals surface area contributed by atoms with Crippen LogP contribution in [0.4, 0.5) is 0 Å². The maximum absolute atomic E-state index is 12.8. The summed E-state index contributed by atoms with van der Waals surface area (Å²) in [7, 11) is 0. The van der Waals surface area contributed by atoms with Crippen molar-refractivity contribution in [2.24, 2.45) is 0 Å². The number of carbonyl (C=O) groups is 1. The fourth-order valence-corrected chi connectivity index (χ4v) is 5.41. The van der Waals surface area contributed by atoms with Crippen LogP contribution in [0, 0.1) is 0 Å². The minimum atomic E-state index is -0.0789. The summed E-state index contributed by atoms with van der Waals surface area (Å²) in [6.45, 7) is 6.16. The Morgan fingerprint density at radius 3 is 2.70 bits per heavy atom. The van der Waals surface area contributed by atoms with Crippen molar-refractivity contribution < 1.29 is 9.53 Å². The Hall–Kier alpha value is -3.26. The van der Waals surface area contributed by atoms with E-state index in [2.05, 4.69) is 56.5 Å². The number of ether oxygens (including phenoxy) is 1. The zero-order valence-corrected chi connectivity index (χ0v) is 19.1. The van der Waals surface area contributed by atoms with Gasteiger partial charge in [0, 0.05) is 5.41 Å². The first-order valence-corrected chi connectivity index (χ1v) is 11.7. The van der Waals surface area contributed by atoms with Crippen molar-refractivity contribution in [3.63, 3.8) is 0 Å². The van der Waals surface area contributed by atoms with E-state index in [1.807, 2.05) is 26.0 Å². The van der Waals surface area contributed by atoms with Gasteiger partial charge in [0.05, 0.1) is 12.1 Å². The molecule has 1 saturated heterocycles. The normalized spacial score (nSPS) is 18.9. The third-order valence-corrected chi connectivity index (χ3v) is 6.73. The second-order valence-corrected chi connectivity index (χ2v) is 9.32. The highest BCUT2D eigenvalue weighted by Crippen LogP contribution is 2.53. The van der Waals surface area contributed by atoms with E-state index in [9.17, 15) is 4.79 Å². The monoisotopic (exact) mass is 446 g/mol. The summed E-state index contributed by atoms with van der Waals surface area (Å²) in [6.07, 6.45) is 4.64. The largest absolute Gasteiger partial charge is 0.491 e. The van der Waals surface area contributed by atoms with Gasteiger partial charge < -0.3 is 15.4 Å². The lowest BCUT2D eigenvalue weighted by molar-refractivity contribution is -0.122. The lowest BCUT2D eigenvalue weighted by Crippen LogP contribution is -2.39. The van der Waals surface area contributed by atoms with Gasteiger partial charge in [-0.2, -0.15) is 0 Å². The molecule has 1 unspecified atom stereocenters. The zero-order valence-electron chi connectivity index (χ0n) is 19.1. The van der Waals surface area contributed by atoms with Crippen molar-refractivity contribution in [1.29, 1.82) is 0 Å². The number of rotatable bonds is 6.